The predicted octanol–water partition coefficient (Wildman–Crippen LogP) is 33.2. The molecule has 6 heterocycles. The molecular weight excluding hydrogens is 1690 g/mol. The highest BCUT2D eigenvalue weighted by atomic mass is 15.0. The molecule has 0 radical (unpaired) electrons. The minimum atomic E-state index is 0.633. The van der Waals surface area contributed by atoms with Crippen LogP contribution >= 0.6 is 0 Å². The third-order valence-electron chi connectivity index (χ3n) is 27.7. The molecule has 0 saturated heterocycles. The van der Waals surface area contributed by atoms with Gasteiger partial charge in [0.05, 0.1) is 78.3 Å². The van der Waals surface area contributed by atoms with E-state index in [0.29, 0.717) is 5.56 Å². The number of nitriles is 1. The van der Waals surface area contributed by atoms with Crippen LogP contribution in [0.3, 0.4) is 0 Å². The summed E-state index contributed by atoms with van der Waals surface area (Å²) in [6.45, 7) is 0. The predicted molar refractivity (Wildman–Crippen MR) is 577 cm³/mol. The van der Waals surface area contributed by atoms with Gasteiger partial charge in [0.2, 0.25) is 0 Å². The van der Waals surface area contributed by atoms with Crippen LogP contribution in [0, 0.1) is 11.3 Å². The van der Waals surface area contributed by atoms with Crippen molar-refractivity contribution in [3.8, 4) is 112 Å². The minimum absolute atomic E-state index is 0.633. The summed E-state index contributed by atoms with van der Waals surface area (Å²) in [5.41, 5.74) is 34.0. The van der Waals surface area contributed by atoms with Crippen LogP contribution in [0.2, 0.25) is 0 Å². The van der Waals surface area contributed by atoms with Gasteiger partial charge in [0, 0.05) is 86.2 Å². The number of hydrogen-bond acceptors (Lipinski definition) is 7. The van der Waals surface area contributed by atoms with Crippen LogP contribution in [0.5, 0.6) is 0 Å². The Kier molecular flexibility index (Phi) is 19.8. The molecule has 10 nitrogen and oxygen atoms in total. The molecule has 0 spiro atoms. The zero-order valence-electron chi connectivity index (χ0n) is 75.2. The Bertz CT molecular complexity index is 9830. The fourth-order valence-electron chi connectivity index (χ4n) is 21.1. The van der Waals surface area contributed by atoms with E-state index in [1.165, 1.54) is 142 Å². The van der Waals surface area contributed by atoms with E-state index in [9.17, 15) is 5.26 Å². The van der Waals surface area contributed by atoms with Crippen molar-refractivity contribution in [2.24, 2.45) is 0 Å². The molecule has 0 atom stereocenters. The summed E-state index contributed by atoms with van der Waals surface area (Å²) in [5, 5.41) is 28.7. The summed E-state index contributed by atoms with van der Waals surface area (Å²) in [6, 6.07) is 162. The summed E-state index contributed by atoms with van der Waals surface area (Å²) >= 11 is 0. The first-order valence-corrected chi connectivity index (χ1v) is 46.9. The van der Waals surface area contributed by atoms with Gasteiger partial charge < -0.3 is 13.7 Å². The quantitative estimate of drug-likeness (QED) is 0.127. The van der Waals surface area contributed by atoms with E-state index in [1.807, 2.05) is 42.7 Å². The Balaban J connectivity index is 0.000000108. The number of benzene rings is 22. The van der Waals surface area contributed by atoms with Gasteiger partial charge in [-0.1, -0.05) is 328 Å². The largest absolute Gasteiger partial charge is 0.307 e. The summed E-state index contributed by atoms with van der Waals surface area (Å²) in [5.74, 6) is 0. The second kappa shape index (κ2) is 34.0. The zero-order chi connectivity index (χ0) is 92.0. The van der Waals surface area contributed by atoms with Gasteiger partial charge in [0.1, 0.15) is 16.6 Å². The van der Waals surface area contributed by atoms with E-state index < -0.39 is 0 Å². The molecule has 0 aliphatic rings. The number of nitrogens with zero attached hydrogens (tertiary/aromatic N) is 10. The highest BCUT2D eigenvalue weighted by Crippen LogP contribution is 2.48. The fourth-order valence-corrected chi connectivity index (χ4v) is 21.1. The molecule has 28 rings (SSSR count). The molecule has 0 aliphatic heterocycles. The Morgan fingerprint density at radius 3 is 0.950 bits per heavy atom. The standard InChI is InChI=1S/2C46H29N3.C37H22N4/c1-3-12-30(13-4-1)34-22-23-38(37-19-10-9-18-36(34)37)39-24-25-42(46-45(39)47-26-27-48-46)49-41-21-11-20-35(31-14-5-2-6-15-31)44(41)40-28-32-16-7-8-17-33(32)29-43(40)49;1-2-8-30(9-3-1)38-20-22-42-40(28-38)41-27-35-12-6-7-13-36(35)29-44(41)49(42)43-23-21-39(45-46(43)48-25-24-47-45)33-17-14-32(15-18-33)37-19-16-31-10-4-5-11-34(31)26-37;38-23-24-10-12-26(13-11-24)30-15-17-34(37-36(30)39-18-19-40-37)41-33-16-14-29(25-6-2-1-3-7-25)21-31(33)32-20-27-8-4-5-9-28(27)22-35(32)41/h2*1-29H;1-22H. The molecule has 22 aromatic carbocycles. The van der Waals surface area contributed by atoms with Crippen molar-refractivity contribution in [1.29, 1.82) is 5.26 Å². The molecule has 6 aromatic heterocycles. The van der Waals surface area contributed by atoms with Gasteiger partial charge >= 0.3 is 0 Å². The molecule has 0 aliphatic carbocycles. The van der Waals surface area contributed by atoms with E-state index in [-0.39, 0.29) is 0 Å². The number of hydrogen-bond donors (Lipinski definition) is 0. The molecule has 10 heteroatoms. The van der Waals surface area contributed by atoms with Crippen molar-refractivity contribution in [2.45, 2.75) is 0 Å². The van der Waals surface area contributed by atoms with Gasteiger partial charge in [0.25, 0.3) is 0 Å². The lowest BCUT2D eigenvalue weighted by molar-refractivity contribution is 1.17. The lowest BCUT2D eigenvalue weighted by atomic mass is 9.91. The Hall–Kier alpha value is -19.0. The Morgan fingerprint density at radius 2 is 0.475 bits per heavy atom. The van der Waals surface area contributed by atoms with Crippen molar-refractivity contribution >= 4 is 152 Å². The van der Waals surface area contributed by atoms with Crippen LogP contribution in [-0.2, 0) is 0 Å². The van der Waals surface area contributed by atoms with Crippen molar-refractivity contribution in [1.82, 2.24) is 43.6 Å². The second-order valence-electron chi connectivity index (χ2n) is 35.5. The molecule has 646 valence electrons. The van der Waals surface area contributed by atoms with E-state index in [1.54, 1.807) is 24.8 Å². The first-order valence-electron chi connectivity index (χ1n) is 46.9. The van der Waals surface area contributed by atoms with Crippen LogP contribution in [0.1, 0.15) is 5.56 Å². The summed E-state index contributed by atoms with van der Waals surface area (Å²) in [6.07, 6.45) is 10.7. The van der Waals surface area contributed by atoms with Crippen LogP contribution in [0.15, 0.2) is 486 Å². The Labute approximate surface area is 799 Å². The van der Waals surface area contributed by atoms with Gasteiger partial charge in [-0.05, 0) is 248 Å². The van der Waals surface area contributed by atoms with Crippen molar-refractivity contribution in [3.05, 3.63) is 492 Å². The average Bonchev–Trinajstić information content (AvgIpc) is 1.59. The van der Waals surface area contributed by atoms with Crippen LogP contribution < -0.4 is 0 Å². The molecule has 0 unspecified atom stereocenters. The third-order valence-corrected chi connectivity index (χ3v) is 27.7. The van der Waals surface area contributed by atoms with Gasteiger partial charge in [-0.2, -0.15) is 5.26 Å². The van der Waals surface area contributed by atoms with Gasteiger partial charge in [0.15, 0.2) is 0 Å². The molecule has 0 bridgehead atoms. The topological polar surface area (TPSA) is 116 Å². The van der Waals surface area contributed by atoms with Crippen molar-refractivity contribution < 1.29 is 0 Å². The maximum Gasteiger partial charge on any atom is 0.113 e. The maximum absolute atomic E-state index is 9.26. The maximum atomic E-state index is 9.26. The smallest absolute Gasteiger partial charge is 0.113 e. The highest BCUT2D eigenvalue weighted by molar-refractivity contribution is 6.22. The van der Waals surface area contributed by atoms with Gasteiger partial charge in [-0.3, -0.25) is 29.9 Å². The molecule has 0 N–H and O–H groups in total. The van der Waals surface area contributed by atoms with Crippen LogP contribution in [0.25, 0.3) is 258 Å². The first kappa shape index (κ1) is 80.9. The fraction of sp³-hybridized carbons (Fsp3) is 0. The zero-order valence-corrected chi connectivity index (χ0v) is 75.2. The lowest BCUT2D eigenvalue weighted by Gasteiger charge is -2.16. The molecule has 139 heavy (non-hydrogen) atoms. The van der Waals surface area contributed by atoms with E-state index in [2.05, 4.69) is 438 Å². The molecule has 0 fully saturated rings. The number of fused-ring (bicyclic) bond motifs is 17. The van der Waals surface area contributed by atoms with Crippen LogP contribution in [-0.4, -0.2) is 43.6 Å². The highest BCUT2D eigenvalue weighted by Gasteiger charge is 2.26. The second-order valence-corrected chi connectivity index (χ2v) is 35.5. The SMILES string of the molecule is N#Cc1ccc(-c2ccc(-n3c4ccc(-c5ccccc5)cc4c4cc5ccccc5cc43)c3nccnc23)cc1.c1ccc(-c2ccc(-c3ccc(-n4c5cc6ccccc6cc5c5c(-c6ccccc6)cccc54)c4nccnc34)c3ccccc23)cc1.c1ccc(-c2ccc3c(c2)c2cc4ccccc4cc2n3-c2ccc(-c3ccc(-c4ccc5ccccc5c4)cc3)c3nccnc23)cc1. The van der Waals surface area contributed by atoms with E-state index in [0.717, 1.165) is 117 Å². The monoisotopic (exact) mass is 1770 g/mol. The summed E-state index contributed by atoms with van der Waals surface area (Å²) < 4.78 is 7.09. The lowest BCUT2D eigenvalue weighted by Crippen LogP contribution is -1.99. The van der Waals surface area contributed by atoms with E-state index in [4.69, 9.17) is 29.9 Å². The van der Waals surface area contributed by atoms with Crippen molar-refractivity contribution in [2.75, 3.05) is 0 Å². The molecular formula is C129H80N10. The molecule has 0 amide bonds. The molecule has 0 saturated carbocycles. The average molecular weight is 1770 g/mol. The summed E-state index contributed by atoms with van der Waals surface area (Å²) in [4.78, 5) is 29.6. The van der Waals surface area contributed by atoms with Gasteiger partial charge in [-0.25, -0.2) is 0 Å². The Morgan fingerprint density at radius 1 is 0.165 bits per heavy atom. The van der Waals surface area contributed by atoms with E-state index >= 15 is 0 Å². The van der Waals surface area contributed by atoms with Crippen LogP contribution in [0.4, 0.5) is 0 Å². The normalized spacial score (nSPS) is 11.6. The van der Waals surface area contributed by atoms with Crippen molar-refractivity contribution in [3.63, 3.8) is 0 Å². The number of aromatic nitrogens is 9. The summed E-state index contributed by atoms with van der Waals surface area (Å²) in [7, 11) is 0. The minimum Gasteiger partial charge on any atom is -0.307 e. The first-order chi connectivity index (χ1) is 68.9. The number of rotatable bonds is 11. The third kappa shape index (κ3) is 14.1. The van der Waals surface area contributed by atoms with Gasteiger partial charge in [-0.15, -0.1) is 0 Å². The molecule has 28 aromatic rings.